The summed E-state index contributed by atoms with van der Waals surface area (Å²) in [5, 5.41) is 1.07. The maximum atomic E-state index is 5.34. The molecule has 3 rings (SSSR count). The van der Waals surface area contributed by atoms with Gasteiger partial charge in [0.2, 0.25) is 0 Å². The van der Waals surface area contributed by atoms with E-state index in [4.69, 9.17) is 9.72 Å². The topological polar surface area (TPSA) is 34.5 Å². The quantitative estimate of drug-likeness (QED) is 0.808. The molecule has 0 N–H and O–H groups in total. The van der Waals surface area contributed by atoms with Gasteiger partial charge in [-0.15, -0.1) is 0 Å². The van der Waals surface area contributed by atoms with Crippen molar-refractivity contribution in [1.29, 1.82) is 0 Å². The van der Waals surface area contributed by atoms with E-state index >= 15 is 0 Å². The predicted molar refractivity (Wildman–Crippen MR) is 85.2 cm³/mol. The van der Waals surface area contributed by atoms with Gasteiger partial charge in [-0.05, 0) is 25.5 Å². The van der Waals surface area contributed by atoms with Gasteiger partial charge in [0.1, 0.15) is 5.76 Å². The molecule has 1 aliphatic rings. The molecule has 106 valence electrons. The Kier molecular flexibility index (Phi) is 3.34. The molecule has 0 spiro atoms. The van der Waals surface area contributed by atoms with Crippen molar-refractivity contribution in [2.45, 2.75) is 13.8 Å². The summed E-state index contributed by atoms with van der Waals surface area (Å²) >= 11 is 0. The molecule has 0 atom stereocenters. The van der Waals surface area contributed by atoms with Crippen LogP contribution in [0.15, 0.2) is 41.9 Å². The van der Waals surface area contributed by atoms with Gasteiger partial charge in [-0.1, -0.05) is 36.4 Å². The summed E-state index contributed by atoms with van der Waals surface area (Å²) in [5.41, 5.74) is 6.20. The highest BCUT2D eigenvalue weighted by Gasteiger charge is 2.13. The van der Waals surface area contributed by atoms with E-state index in [-0.39, 0.29) is 0 Å². The van der Waals surface area contributed by atoms with Gasteiger partial charge in [0.15, 0.2) is 5.49 Å². The van der Waals surface area contributed by atoms with Crippen molar-refractivity contribution in [3.8, 4) is 11.3 Å². The molecule has 3 heteroatoms. The first kappa shape index (κ1) is 13.6. The van der Waals surface area contributed by atoms with Crippen LogP contribution in [0.2, 0.25) is 0 Å². The van der Waals surface area contributed by atoms with E-state index in [1.807, 2.05) is 6.07 Å². The van der Waals surface area contributed by atoms with Crippen LogP contribution in [0, 0.1) is 6.92 Å². The molecule has 2 aromatic rings. The van der Waals surface area contributed by atoms with E-state index in [2.05, 4.69) is 49.7 Å². The third-order valence-corrected chi connectivity index (χ3v) is 3.79. The van der Waals surface area contributed by atoms with Gasteiger partial charge in [0.05, 0.1) is 19.3 Å². The summed E-state index contributed by atoms with van der Waals surface area (Å²) < 4.78 is 5.34. The lowest BCUT2D eigenvalue weighted by Gasteiger charge is -2.08. The van der Waals surface area contributed by atoms with Crippen LogP contribution in [0.4, 0.5) is 0 Å². The lowest BCUT2D eigenvalue weighted by Crippen LogP contribution is -2.30. The van der Waals surface area contributed by atoms with Crippen LogP contribution in [-0.2, 0) is 4.74 Å². The highest BCUT2D eigenvalue weighted by atomic mass is 16.5. The average Bonchev–Trinajstić information content (AvgIpc) is 2.88. The van der Waals surface area contributed by atoms with Crippen LogP contribution >= 0.6 is 0 Å². The van der Waals surface area contributed by atoms with Crippen LogP contribution in [0.3, 0.4) is 0 Å². The first-order valence-corrected chi connectivity index (χ1v) is 6.96. The fourth-order valence-corrected chi connectivity index (χ4v) is 2.54. The number of fused-ring (bicyclic) bond motifs is 1. The van der Waals surface area contributed by atoms with E-state index in [0.717, 1.165) is 27.5 Å². The van der Waals surface area contributed by atoms with Gasteiger partial charge in [0, 0.05) is 16.3 Å². The Balaban J connectivity index is 2.27. The third-order valence-electron chi connectivity index (χ3n) is 3.79. The van der Waals surface area contributed by atoms with Gasteiger partial charge < -0.3 is 4.74 Å². The second-order valence-electron chi connectivity index (χ2n) is 5.34. The maximum absolute atomic E-state index is 5.34. The second kappa shape index (κ2) is 5.17. The summed E-state index contributed by atoms with van der Waals surface area (Å²) in [7, 11) is 1.64. The Hall–Kier alpha value is -2.42. The van der Waals surface area contributed by atoms with E-state index in [9.17, 15) is 0 Å². The molecule has 0 aliphatic carbocycles. The summed E-state index contributed by atoms with van der Waals surface area (Å²) in [6, 6.07) is 10.4. The number of aromatic nitrogens is 1. The number of hydrogen-bond acceptors (Lipinski definition) is 3. The molecule has 0 unspecified atom stereocenters. The van der Waals surface area contributed by atoms with Gasteiger partial charge in [0.25, 0.3) is 0 Å². The summed E-state index contributed by atoms with van der Waals surface area (Å²) in [6.07, 6.45) is 0. The van der Waals surface area contributed by atoms with Crippen molar-refractivity contribution in [3.05, 3.63) is 58.7 Å². The molecular formula is C18H18N2O. The third kappa shape index (κ3) is 2.35. The Morgan fingerprint density at radius 3 is 2.57 bits per heavy atom. The maximum Gasteiger partial charge on any atom is 0.156 e. The highest BCUT2D eigenvalue weighted by molar-refractivity contribution is 5.69. The number of ether oxygens (including phenoxy) is 1. The first-order valence-electron chi connectivity index (χ1n) is 6.96. The van der Waals surface area contributed by atoms with Crippen molar-refractivity contribution in [2.75, 3.05) is 13.7 Å². The Bertz CT molecular complexity index is 833. The van der Waals surface area contributed by atoms with Crippen molar-refractivity contribution < 1.29 is 4.74 Å². The minimum absolute atomic E-state index is 0.651. The van der Waals surface area contributed by atoms with E-state index in [0.29, 0.717) is 12.3 Å². The molecule has 1 aromatic carbocycles. The molecule has 0 amide bonds. The molecular weight excluding hydrogens is 260 g/mol. The molecule has 21 heavy (non-hydrogen) atoms. The molecule has 2 heterocycles. The van der Waals surface area contributed by atoms with Gasteiger partial charge in [-0.25, -0.2) is 4.98 Å². The van der Waals surface area contributed by atoms with Gasteiger partial charge in [-0.2, -0.15) is 0 Å². The normalized spacial score (nSPS) is 12.8. The molecule has 0 bridgehead atoms. The Morgan fingerprint density at radius 2 is 1.90 bits per heavy atom. The van der Waals surface area contributed by atoms with Crippen molar-refractivity contribution in [3.63, 3.8) is 0 Å². The molecule has 0 radical (unpaired) electrons. The first-order chi connectivity index (χ1) is 10.1. The smallest absolute Gasteiger partial charge is 0.156 e. The zero-order valence-corrected chi connectivity index (χ0v) is 12.6. The SMILES string of the molecule is C=C(OC)c1cc(-c2ccc(C)cc2)nc2c1=C(C)CN=2. The molecule has 3 nitrogen and oxygen atoms in total. The molecule has 1 aromatic heterocycles. The van der Waals surface area contributed by atoms with Gasteiger partial charge >= 0.3 is 0 Å². The lowest BCUT2D eigenvalue weighted by molar-refractivity contribution is 0.371. The highest BCUT2D eigenvalue weighted by Crippen LogP contribution is 2.19. The van der Waals surface area contributed by atoms with Crippen LogP contribution in [-0.4, -0.2) is 18.6 Å². The van der Waals surface area contributed by atoms with Crippen LogP contribution in [0.1, 0.15) is 18.1 Å². The summed E-state index contributed by atoms with van der Waals surface area (Å²) in [4.78, 5) is 9.21. The van der Waals surface area contributed by atoms with Gasteiger partial charge in [-0.3, -0.25) is 4.99 Å². The zero-order chi connectivity index (χ0) is 15.0. The van der Waals surface area contributed by atoms with Crippen molar-refractivity contribution >= 4 is 11.3 Å². The molecule has 0 fully saturated rings. The zero-order valence-electron chi connectivity index (χ0n) is 12.6. The minimum atomic E-state index is 0.651. The number of hydrogen-bond donors (Lipinski definition) is 0. The van der Waals surface area contributed by atoms with E-state index in [1.54, 1.807) is 7.11 Å². The number of aryl methyl sites for hydroxylation is 1. The van der Waals surface area contributed by atoms with Crippen molar-refractivity contribution in [1.82, 2.24) is 4.98 Å². The number of nitrogens with zero attached hydrogens (tertiary/aromatic N) is 2. The fraction of sp³-hybridized carbons (Fsp3) is 0.222. The van der Waals surface area contributed by atoms with Crippen molar-refractivity contribution in [2.24, 2.45) is 4.99 Å². The summed E-state index contributed by atoms with van der Waals surface area (Å²) in [6.45, 7) is 8.85. The Morgan fingerprint density at radius 1 is 1.19 bits per heavy atom. The van der Waals surface area contributed by atoms with Crippen LogP contribution < -0.4 is 10.7 Å². The number of pyridine rings is 1. The molecule has 0 saturated heterocycles. The minimum Gasteiger partial charge on any atom is -0.497 e. The van der Waals surface area contributed by atoms with Crippen LogP contribution in [0.25, 0.3) is 22.6 Å². The fourth-order valence-electron chi connectivity index (χ4n) is 2.54. The van der Waals surface area contributed by atoms with Crippen LogP contribution in [0.5, 0.6) is 0 Å². The van der Waals surface area contributed by atoms with E-state index < -0.39 is 0 Å². The lowest BCUT2D eigenvalue weighted by atomic mass is 10.0. The largest absolute Gasteiger partial charge is 0.497 e. The average molecular weight is 278 g/mol. The molecule has 0 saturated carbocycles. The second-order valence-corrected chi connectivity index (χ2v) is 5.34. The number of benzene rings is 1. The predicted octanol–water partition coefficient (Wildman–Crippen LogP) is 2.48. The summed E-state index contributed by atoms with van der Waals surface area (Å²) in [5.74, 6) is 0.651. The number of methoxy groups -OCH3 is 1. The molecule has 1 aliphatic heterocycles. The number of rotatable bonds is 3. The Labute approximate surface area is 124 Å². The van der Waals surface area contributed by atoms with E-state index in [1.165, 1.54) is 11.1 Å². The monoisotopic (exact) mass is 278 g/mol. The standard InChI is InChI=1S/C18H18N2O/c1-11-5-7-14(8-6-11)16-9-15(13(3)21-4)17-12(2)10-19-18(17)20-16/h5-9H,3,10H2,1-2,4H3.